The lowest BCUT2D eigenvalue weighted by atomic mass is 10.1. The maximum absolute atomic E-state index is 11.4. The van der Waals surface area contributed by atoms with Gasteiger partial charge >= 0.3 is 0 Å². The van der Waals surface area contributed by atoms with E-state index < -0.39 is 0 Å². The van der Waals surface area contributed by atoms with Crippen molar-refractivity contribution in [2.24, 2.45) is 11.8 Å². The fraction of sp³-hybridized carbons (Fsp3) is 0.909. The van der Waals surface area contributed by atoms with Crippen molar-refractivity contribution < 1.29 is 4.79 Å². The lowest BCUT2D eigenvalue weighted by Gasteiger charge is -2.11. The highest BCUT2D eigenvalue weighted by Gasteiger charge is 2.09. The van der Waals surface area contributed by atoms with Crippen LogP contribution in [0.2, 0.25) is 0 Å². The zero-order chi connectivity index (χ0) is 11.0. The largest absolute Gasteiger partial charge is 0.356 e. The average Bonchev–Trinajstić information content (AvgIpc) is 2.22. The topological polar surface area (TPSA) is 29.1 Å². The monoisotopic (exact) mass is 219 g/mol. The molecule has 0 bridgehead atoms. The summed E-state index contributed by atoms with van der Waals surface area (Å²) in [7, 11) is 0. The summed E-state index contributed by atoms with van der Waals surface area (Å²) in [5.41, 5.74) is 0. The molecule has 0 heterocycles. The molecule has 0 saturated carbocycles. The van der Waals surface area contributed by atoms with E-state index in [-0.39, 0.29) is 11.8 Å². The highest BCUT2D eigenvalue weighted by atomic mass is 35.5. The van der Waals surface area contributed by atoms with Crippen molar-refractivity contribution >= 4 is 17.5 Å². The van der Waals surface area contributed by atoms with Crippen molar-refractivity contribution in [3.05, 3.63) is 0 Å². The van der Waals surface area contributed by atoms with Gasteiger partial charge in [-0.2, -0.15) is 0 Å². The molecule has 0 aliphatic carbocycles. The van der Waals surface area contributed by atoms with E-state index in [1.807, 2.05) is 13.8 Å². The average molecular weight is 220 g/mol. The van der Waals surface area contributed by atoms with E-state index in [9.17, 15) is 4.79 Å². The highest BCUT2D eigenvalue weighted by molar-refractivity contribution is 6.18. The van der Waals surface area contributed by atoms with Gasteiger partial charge in [-0.1, -0.05) is 20.8 Å². The summed E-state index contributed by atoms with van der Waals surface area (Å²) in [6, 6.07) is 0. The Balaban J connectivity index is 3.40. The van der Waals surface area contributed by atoms with Crippen LogP contribution >= 0.6 is 11.6 Å². The smallest absolute Gasteiger partial charge is 0.222 e. The molecule has 0 aromatic heterocycles. The van der Waals surface area contributed by atoms with Crippen molar-refractivity contribution in [1.82, 2.24) is 5.32 Å². The quantitative estimate of drug-likeness (QED) is 0.518. The van der Waals surface area contributed by atoms with Crippen molar-refractivity contribution in [2.45, 2.75) is 40.0 Å². The number of carbonyl (C=O) groups is 1. The van der Waals surface area contributed by atoms with E-state index in [1.54, 1.807) is 0 Å². The zero-order valence-corrected chi connectivity index (χ0v) is 10.2. The van der Waals surface area contributed by atoms with Gasteiger partial charge in [0, 0.05) is 18.3 Å². The molecule has 3 heteroatoms. The molecule has 0 aromatic rings. The van der Waals surface area contributed by atoms with Gasteiger partial charge in [0.15, 0.2) is 0 Å². The molecule has 2 nitrogen and oxygen atoms in total. The summed E-state index contributed by atoms with van der Waals surface area (Å²) >= 11 is 5.68. The van der Waals surface area contributed by atoms with Crippen LogP contribution in [0, 0.1) is 11.8 Å². The molecule has 1 N–H and O–H groups in total. The summed E-state index contributed by atoms with van der Waals surface area (Å²) in [6.45, 7) is 6.89. The molecule has 0 rings (SSSR count). The van der Waals surface area contributed by atoms with E-state index in [2.05, 4.69) is 12.2 Å². The third-order valence-electron chi connectivity index (χ3n) is 2.50. The number of halogens is 1. The molecule has 2 unspecified atom stereocenters. The van der Waals surface area contributed by atoms with Gasteiger partial charge in [-0.05, 0) is 25.2 Å². The lowest BCUT2D eigenvalue weighted by Crippen LogP contribution is -2.29. The summed E-state index contributed by atoms with van der Waals surface area (Å²) in [5, 5.41) is 2.93. The van der Waals surface area contributed by atoms with Crippen LogP contribution in [0.3, 0.4) is 0 Å². The second-order valence-corrected chi connectivity index (χ2v) is 4.31. The van der Waals surface area contributed by atoms with Crippen LogP contribution in [-0.2, 0) is 4.79 Å². The number of rotatable bonds is 7. The molecule has 1 amide bonds. The van der Waals surface area contributed by atoms with Gasteiger partial charge in [-0.3, -0.25) is 4.79 Å². The number of hydrogen-bond acceptors (Lipinski definition) is 1. The highest BCUT2D eigenvalue weighted by Crippen LogP contribution is 2.06. The Hall–Kier alpha value is -0.240. The normalized spacial score (nSPS) is 14.9. The van der Waals surface area contributed by atoms with Gasteiger partial charge in [0.05, 0.1) is 0 Å². The third-order valence-corrected chi connectivity index (χ3v) is 3.02. The standard InChI is InChI=1S/C11H22ClNO/c1-4-10(3)11(14)13-7-5-6-9(2)8-12/h9-10H,4-8H2,1-3H3,(H,13,14). The molecule has 0 radical (unpaired) electrons. The fourth-order valence-electron chi connectivity index (χ4n) is 1.10. The van der Waals surface area contributed by atoms with E-state index in [4.69, 9.17) is 11.6 Å². The van der Waals surface area contributed by atoms with Gasteiger partial charge in [0.1, 0.15) is 0 Å². The molecule has 2 atom stereocenters. The summed E-state index contributed by atoms with van der Waals surface area (Å²) in [4.78, 5) is 11.4. The summed E-state index contributed by atoms with van der Waals surface area (Å²) < 4.78 is 0. The maximum atomic E-state index is 11.4. The maximum Gasteiger partial charge on any atom is 0.222 e. The van der Waals surface area contributed by atoms with Crippen molar-refractivity contribution in [3.8, 4) is 0 Å². The Morgan fingerprint density at radius 2 is 2.07 bits per heavy atom. The van der Waals surface area contributed by atoms with Gasteiger partial charge < -0.3 is 5.32 Å². The summed E-state index contributed by atoms with van der Waals surface area (Å²) in [5.74, 6) is 1.57. The van der Waals surface area contributed by atoms with Crippen molar-refractivity contribution in [2.75, 3.05) is 12.4 Å². The zero-order valence-electron chi connectivity index (χ0n) is 9.48. The summed E-state index contributed by atoms with van der Waals surface area (Å²) in [6.07, 6.45) is 3.02. The van der Waals surface area contributed by atoms with Crippen LogP contribution < -0.4 is 5.32 Å². The molecular formula is C11H22ClNO. The second-order valence-electron chi connectivity index (χ2n) is 4.00. The van der Waals surface area contributed by atoms with Crippen LogP contribution in [0.4, 0.5) is 0 Å². The van der Waals surface area contributed by atoms with Gasteiger partial charge in [-0.15, -0.1) is 11.6 Å². The van der Waals surface area contributed by atoms with Gasteiger partial charge in [-0.25, -0.2) is 0 Å². The van der Waals surface area contributed by atoms with Crippen LogP contribution in [0.5, 0.6) is 0 Å². The second kappa shape index (κ2) is 8.10. The van der Waals surface area contributed by atoms with Gasteiger partial charge in [0.2, 0.25) is 5.91 Å². The van der Waals surface area contributed by atoms with E-state index in [0.29, 0.717) is 11.8 Å². The molecule has 14 heavy (non-hydrogen) atoms. The minimum Gasteiger partial charge on any atom is -0.356 e. The molecule has 0 spiro atoms. The number of amides is 1. The Kier molecular flexibility index (Phi) is 7.96. The Morgan fingerprint density at radius 3 is 2.57 bits per heavy atom. The SMILES string of the molecule is CCC(C)C(=O)NCCCC(C)CCl. The molecule has 0 aliphatic rings. The molecular weight excluding hydrogens is 198 g/mol. The first-order valence-corrected chi connectivity index (χ1v) is 5.98. The van der Waals surface area contributed by atoms with Crippen LogP contribution in [0.25, 0.3) is 0 Å². The first-order valence-electron chi connectivity index (χ1n) is 5.45. The first-order chi connectivity index (χ1) is 6.61. The van der Waals surface area contributed by atoms with Crippen LogP contribution in [0.1, 0.15) is 40.0 Å². The van der Waals surface area contributed by atoms with E-state index in [1.165, 1.54) is 0 Å². The number of carbonyl (C=O) groups excluding carboxylic acids is 1. The third kappa shape index (κ3) is 6.25. The lowest BCUT2D eigenvalue weighted by molar-refractivity contribution is -0.124. The Morgan fingerprint density at radius 1 is 1.43 bits per heavy atom. The van der Waals surface area contributed by atoms with E-state index >= 15 is 0 Å². The predicted molar refractivity (Wildman–Crippen MR) is 61.6 cm³/mol. The minimum absolute atomic E-state index is 0.139. The molecule has 0 aromatic carbocycles. The molecule has 0 saturated heterocycles. The first kappa shape index (κ1) is 13.8. The number of hydrogen-bond donors (Lipinski definition) is 1. The minimum atomic E-state index is 0.139. The number of alkyl halides is 1. The van der Waals surface area contributed by atoms with Crippen molar-refractivity contribution in [1.29, 1.82) is 0 Å². The Labute approximate surface area is 92.4 Å². The molecule has 84 valence electrons. The van der Waals surface area contributed by atoms with Crippen LogP contribution in [-0.4, -0.2) is 18.3 Å². The fourth-order valence-corrected chi connectivity index (χ4v) is 1.25. The predicted octanol–water partition coefficient (Wildman–Crippen LogP) is 2.80. The van der Waals surface area contributed by atoms with Gasteiger partial charge in [0.25, 0.3) is 0 Å². The van der Waals surface area contributed by atoms with E-state index in [0.717, 1.165) is 25.8 Å². The van der Waals surface area contributed by atoms with Crippen LogP contribution in [0.15, 0.2) is 0 Å². The number of nitrogens with one attached hydrogen (secondary N) is 1. The van der Waals surface area contributed by atoms with Crippen molar-refractivity contribution in [3.63, 3.8) is 0 Å². The Bertz CT molecular complexity index is 161. The molecule has 0 aliphatic heterocycles. The molecule has 0 fully saturated rings.